The second kappa shape index (κ2) is 7.72. The van der Waals surface area contributed by atoms with E-state index in [2.05, 4.69) is 5.32 Å². The van der Waals surface area contributed by atoms with Crippen molar-refractivity contribution in [3.8, 4) is 0 Å². The molecule has 1 aromatic rings. The molecule has 0 saturated carbocycles. The number of carboxylic acid groups (broad SMARTS) is 1. The molecule has 1 rings (SSSR count). The molecule has 0 saturated heterocycles. The quantitative estimate of drug-likeness (QED) is 0.752. The molecule has 20 heavy (non-hydrogen) atoms. The molecule has 0 radical (unpaired) electrons. The molecule has 0 aliphatic heterocycles. The number of hydrogen-bond acceptors (Lipinski definition) is 3. The van der Waals surface area contributed by atoms with Crippen LogP contribution in [-0.4, -0.2) is 46.8 Å². The maximum Gasteiger partial charge on any atom is 0.337 e. The van der Waals surface area contributed by atoms with Crippen molar-refractivity contribution in [2.45, 2.75) is 13.3 Å². The van der Waals surface area contributed by atoms with E-state index in [1.165, 1.54) is 23.1 Å². The minimum absolute atomic E-state index is 0.00782. The van der Waals surface area contributed by atoms with Crippen molar-refractivity contribution < 1.29 is 19.8 Å². The Morgan fingerprint density at radius 1 is 1.40 bits per heavy atom. The van der Waals surface area contributed by atoms with Crippen molar-refractivity contribution in [3.05, 3.63) is 28.8 Å². The summed E-state index contributed by atoms with van der Waals surface area (Å²) in [6.45, 7) is 2.75. The average Bonchev–Trinajstić information content (AvgIpc) is 2.41. The summed E-state index contributed by atoms with van der Waals surface area (Å²) in [6, 6.07) is 3.92. The number of benzene rings is 1. The third kappa shape index (κ3) is 4.40. The number of aliphatic hydroxyl groups excluding tert-OH is 1. The molecule has 1 aromatic carbocycles. The van der Waals surface area contributed by atoms with Crippen LogP contribution in [0.2, 0.25) is 5.02 Å². The number of carboxylic acids is 1. The summed E-state index contributed by atoms with van der Waals surface area (Å²) >= 11 is 5.75. The molecule has 0 aromatic heterocycles. The lowest BCUT2D eigenvalue weighted by Crippen LogP contribution is -2.35. The predicted molar refractivity (Wildman–Crippen MR) is 76.4 cm³/mol. The fourth-order valence-corrected chi connectivity index (χ4v) is 1.83. The Bertz CT molecular complexity index is 493. The summed E-state index contributed by atoms with van der Waals surface area (Å²) in [6.07, 6.45) is 0.488. The van der Waals surface area contributed by atoms with Gasteiger partial charge in [-0.3, -0.25) is 0 Å². The normalized spacial score (nSPS) is 10.2. The predicted octanol–water partition coefficient (Wildman–Crippen LogP) is 2.27. The summed E-state index contributed by atoms with van der Waals surface area (Å²) < 4.78 is 0. The highest BCUT2D eigenvalue weighted by Crippen LogP contribution is 2.20. The van der Waals surface area contributed by atoms with E-state index in [9.17, 15) is 9.59 Å². The standard InChI is InChI=1S/C13H17ClN2O4/c1-2-16(6-3-7-17)13(20)15-9-4-5-11(14)10(8-9)12(18)19/h4-5,8,17H,2-3,6-7H2,1H3,(H,15,20)(H,18,19). The van der Waals surface area contributed by atoms with Crippen molar-refractivity contribution in [1.82, 2.24) is 4.90 Å². The fourth-order valence-electron chi connectivity index (χ4n) is 1.63. The maximum absolute atomic E-state index is 12.0. The Morgan fingerprint density at radius 2 is 2.10 bits per heavy atom. The first kappa shape index (κ1) is 16.3. The number of aliphatic hydroxyl groups is 1. The van der Waals surface area contributed by atoms with Crippen molar-refractivity contribution in [3.63, 3.8) is 0 Å². The largest absolute Gasteiger partial charge is 0.478 e. The number of carbonyl (C=O) groups is 2. The van der Waals surface area contributed by atoms with Gasteiger partial charge in [0.2, 0.25) is 0 Å². The molecule has 0 spiro atoms. The average molecular weight is 301 g/mol. The number of nitrogens with zero attached hydrogens (tertiary/aromatic N) is 1. The van der Waals surface area contributed by atoms with Gasteiger partial charge in [0.1, 0.15) is 0 Å². The Labute approximate surface area is 122 Å². The highest BCUT2D eigenvalue weighted by Gasteiger charge is 2.14. The van der Waals surface area contributed by atoms with Crippen LogP contribution >= 0.6 is 11.6 Å². The van der Waals surface area contributed by atoms with E-state index in [-0.39, 0.29) is 23.2 Å². The van der Waals surface area contributed by atoms with E-state index >= 15 is 0 Å². The van der Waals surface area contributed by atoms with Crippen molar-refractivity contribution in [2.24, 2.45) is 0 Å². The third-order valence-electron chi connectivity index (χ3n) is 2.70. The molecular weight excluding hydrogens is 284 g/mol. The molecule has 0 fully saturated rings. The zero-order valence-electron chi connectivity index (χ0n) is 11.1. The molecule has 7 heteroatoms. The van der Waals surface area contributed by atoms with E-state index in [0.29, 0.717) is 25.2 Å². The minimum Gasteiger partial charge on any atom is -0.478 e. The molecule has 0 aliphatic carbocycles. The van der Waals surface area contributed by atoms with E-state index in [1.807, 2.05) is 6.92 Å². The molecule has 6 nitrogen and oxygen atoms in total. The zero-order chi connectivity index (χ0) is 15.1. The number of hydrogen-bond donors (Lipinski definition) is 3. The van der Waals surface area contributed by atoms with Crippen LogP contribution in [0.1, 0.15) is 23.7 Å². The number of nitrogens with one attached hydrogen (secondary N) is 1. The van der Waals surface area contributed by atoms with Gasteiger partial charge in [-0.1, -0.05) is 11.6 Å². The first-order valence-corrected chi connectivity index (χ1v) is 6.57. The number of amides is 2. The molecule has 0 heterocycles. The minimum atomic E-state index is -1.15. The SMILES string of the molecule is CCN(CCCO)C(=O)Nc1ccc(Cl)c(C(=O)O)c1. The molecule has 0 aliphatic rings. The van der Waals surface area contributed by atoms with Gasteiger partial charge in [-0.15, -0.1) is 0 Å². The summed E-state index contributed by atoms with van der Waals surface area (Å²) in [7, 11) is 0. The summed E-state index contributed by atoms with van der Waals surface area (Å²) in [5, 5.41) is 20.5. The van der Waals surface area contributed by atoms with Crippen molar-refractivity contribution >= 4 is 29.3 Å². The number of urea groups is 1. The van der Waals surface area contributed by atoms with Crippen molar-refractivity contribution in [1.29, 1.82) is 0 Å². The van der Waals surface area contributed by atoms with Crippen LogP contribution in [0.5, 0.6) is 0 Å². The monoisotopic (exact) mass is 300 g/mol. The number of carbonyl (C=O) groups excluding carboxylic acids is 1. The lowest BCUT2D eigenvalue weighted by Gasteiger charge is -2.21. The summed E-state index contributed by atoms with van der Waals surface area (Å²) in [5.41, 5.74) is 0.294. The lowest BCUT2D eigenvalue weighted by molar-refractivity contribution is 0.0697. The van der Waals surface area contributed by atoms with E-state index in [1.54, 1.807) is 0 Å². The second-order valence-corrected chi connectivity index (χ2v) is 4.49. The highest BCUT2D eigenvalue weighted by atomic mass is 35.5. The van der Waals surface area contributed by atoms with E-state index in [4.69, 9.17) is 21.8 Å². The Morgan fingerprint density at radius 3 is 2.65 bits per heavy atom. The Kier molecular flexibility index (Phi) is 6.27. The first-order chi connectivity index (χ1) is 9.49. The van der Waals surface area contributed by atoms with Gasteiger partial charge in [0.15, 0.2) is 0 Å². The van der Waals surface area contributed by atoms with Gasteiger partial charge in [0.05, 0.1) is 10.6 Å². The zero-order valence-corrected chi connectivity index (χ0v) is 11.9. The highest BCUT2D eigenvalue weighted by molar-refractivity contribution is 6.33. The molecule has 2 amide bonds. The number of aromatic carboxylic acids is 1. The lowest BCUT2D eigenvalue weighted by atomic mass is 10.2. The number of anilines is 1. The topological polar surface area (TPSA) is 89.9 Å². The van der Waals surface area contributed by atoms with Crippen LogP contribution in [0.15, 0.2) is 18.2 Å². The molecular formula is C13H17ClN2O4. The maximum atomic E-state index is 12.0. The second-order valence-electron chi connectivity index (χ2n) is 4.09. The molecule has 0 atom stereocenters. The molecule has 110 valence electrons. The summed E-state index contributed by atoms with van der Waals surface area (Å²) in [5.74, 6) is -1.15. The van der Waals surface area contributed by atoms with Crippen LogP contribution in [-0.2, 0) is 0 Å². The molecule has 3 N–H and O–H groups in total. The summed E-state index contributed by atoms with van der Waals surface area (Å²) in [4.78, 5) is 24.4. The number of halogens is 1. The van der Waals surface area contributed by atoms with Crippen molar-refractivity contribution in [2.75, 3.05) is 25.0 Å². The van der Waals surface area contributed by atoms with Crippen LogP contribution in [0.25, 0.3) is 0 Å². The van der Waals surface area contributed by atoms with Gasteiger partial charge < -0.3 is 20.4 Å². The molecule has 0 bridgehead atoms. The van der Waals surface area contributed by atoms with Gasteiger partial charge in [-0.2, -0.15) is 0 Å². The smallest absolute Gasteiger partial charge is 0.337 e. The Hall–Kier alpha value is -1.79. The van der Waals surface area contributed by atoms with Crippen LogP contribution in [0, 0.1) is 0 Å². The fraction of sp³-hybridized carbons (Fsp3) is 0.385. The van der Waals surface area contributed by atoms with Gasteiger partial charge in [-0.25, -0.2) is 9.59 Å². The van der Waals surface area contributed by atoms with Crippen LogP contribution in [0.3, 0.4) is 0 Å². The number of rotatable bonds is 6. The van der Waals surface area contributed by atoms with Gasteiger partial charge >= 0.3 is 12.0 Å². The van der Waals surface area contributed by atoms with Crippen LogP contribution < -0.4 is 5.32 Å². The van der Waals surface area contributed by atoms with E-state index in [0.717, 1.165) is 0 Å². The van der Waals surface area contributed by atoms with Gasteiger partial charge in [0.25, 0.3) is 0 Å². The first-order valence-electron chi connectivity index (χ1n) is 6.19. The Balaban J connectivity index is 2.79. The third-order valence-corrected chi connectivity index (χ3v) is 3.03. The van der Waals surface area contributed by atoms with E-state index < -0.39 is 5.97 Å². The van der Waals surface area contributed by atoms with Crippen LogP contribution in [0.4, 0.5) is 10.5 Å². The van der Waals surface area contributed by atoms with Gasteiger partial charge in [-0.05, 0) is 31.5 Å². The van der Waals surface area contributed by atoms with Gasteiger partial charge in [0, 0.05) is 25.4 Å². The molecule has 0 unspecified atom stereocenters.